The Morgan fingerprint density at radius 1 is 1.30 bits per heavy atom. The molecule has 1 aliphatic rings. The average molecular weight is 313 g/mol. The summed E-state index contributed by atoms with van der Waals surface area (Å²) in [6.07, 6.45) is 1.50. The van der Waals surface area contributed by atoms with Crippen molar-refractivity contribution in [1.82, 2.24) is 5.43 Å². The Kier molecular flexibility index (Phi) is 4.01. The van der Waals surface area contributed by atoms with Crippen LogP contribution in [0.1, 0.15) is 15.9 Å². The van der Waals surface area contributed by atoms with Gasteiger partial charge in [0.15, 0.2) is 11.5 Å². The molecule has 0 fully saturated rings. The van der Waals surface area contributed by atoms with Crippen LogP contribution >= 0.6 is 0 Å². The number of ether oxygens (including phenoxy) is 3. The van der Waals surface area contributed by atoms with E-state index in [0.717, 1.165) is 0 Å². The highest BCUT2D eigenvalue weighted by atomic mass is 16.7. The van der Waals surface area contributed by atoms with E-state index in [1.807, 2.05) is 0 Å². The fourth-order valence-corrected chi connectivity index (χ4v) is 2.09. The summed E-state index contributed by atoms with van der Waals surface area (Å²) in [5.41, 5.74) is 9.81. The molecule has 2 aromatic carbocycles. The van der Waals surface area contributed by atoms with Crippen LogP contribution in [-0.2, 0) is 0 Å². The van der Waals surface area contributed by atoms with Crippen LogP contribution in [0.3, 0.4) is 0 Å². The van der Waals surface area contributed by atoms with Crippen LogP contribution in [0, 0.1) is 0 Å². The first-order valence-electron chi connectivity index (χ1n) is 6.84. The van der Waals surface area contributed by atoms with Crippen LogP contribution in [0.5, 0.6) is 17.2 Å². The second kappa shape index (κ2) is 6.27. The van der Waals surface area contributed by atoms with E-state index >= 15 is 0 Å². The van der Waals surface area contributed by atoms with Gasteiger partial charge >= 0.3 is 0 Å². The fraction of sp³-hybridized carbons (Fsp3) is 0.125. The number of fused-ring (bicyclic) bond motifs is 1. The molecule has 7 heteroatoms. The third kappa shape index (κ3) is 3.18. The Labute approximate surface area is 132 Å². The fourth-order valence-electron chi connectivity index (χ4n) is 2.09. The normalized spacial score (nSPS) is 12.4. The van der Waals surface area contributed by atoms with Crippen molar-refractivity contribution in [3.63, 3.8) is 0 Å². The predicted octanol–water partition coefficient (Wildman–Crippen LogP) is 1.77. The van der Waals surface area contributed by atoms with Crippen LogP contribution in [0.25, 0.3) is 0 Å². The lowest BCUT2D eigenvalue weighted by molar-refractivity contribution is 0.0955. The van der Waals surface area contributed by atoms with Gasteiger partial charge in [-0.3, -0.25) is 4.79 Å². The Hall–Kier alpha value is -3.22. The maximum Gasteiger partial charge on any atom is 0.271 e. The molecule has 0 atom stereocenters. The Bertz CT molecular complexity index is 757. The second-order valence-corrected chi connectivity index (χ2v) is 4.78. The molecular formula is C16H15N3O4. The highest BCUT2D eigenvalue weighted by Crippen LogP contribution is 2.41. The minimum absolute atomic E-state index is 0.153. The van der Waals surface area contributed by atoms with E-state index in [4.69, 9.17) is 19.9 Å². The van der Waals surface area contributed by atoms with Gasteiger partial charge in [0, 0.05) is 16.8 Å². The lowest BCUT2D eigenvalue weighted by Crippen LogP contribution is -2.17. The number of rotatable bonds is 4. The molecule has 23 heavy (non-hydrogen) atoms. The van der Waals surface area contributed by atoms with Crippen molar-refractivity contribution in [1.29, 1.82) is 0 Å². The molecule has 0 bridgehead atoms. The first-order valence-corrected chi connectivity index (χ1v) is 6.84. The van der Waals surface area contributed by atoms with Crippen LogP contribution in [0.4, 0.5) is 5.69 Å². The Balaban J connectivity index is 1.71. The summed E-state index contributed by atoms with van der Waals surface area (Å²) in [5, 5.41) is 3.93. The van der Waals surface area contributed by atoms with E-state index in [9.17, 15) is 4.79 Å². The molecule has 1 heterocycles. The van der Waals surface area contributed by atoms with E-state index in [1.165, 1.54) is 6.21 Å². The molecule has 0 saturated heterocycles. The van der Waals surface area contributed by atoms with Gasteiger partial charge in [0.2, 0.25) is 12.5 Å². The molecular weight excluding hydrogens is 298 g/mol. The minimum atomic E-state index is -0.325. The van der Waals surface area contributed by atoms with Gasteiger partial charge in [-0.2, -0.15) is 5.10 Å². The number of nitrogens with one attached hydrogen (secondary N) is 1. The van der Waals surface area contributed by atoms with Gasteiger partial charge in [-0.25, -0.2) is 5.43 Å². The highest BCUT2D eigenvalue weighted by molar-refractivity contribution is 5.95. The minimum Gasteiger partial charge on any atom is -0.493 e. The van der Waals surface area contributed by atoms with Crippen molar-refractivity contribution in [3.05, 3.63) is 47.5 Å². The quantitative estimate of drug-likeness (QED) is 0.509. The number of carbonyl (C=O) groups excluding carboxylic acids is 1. The van der Waals surface area contributed by atoms with Gasteiger partial charge in [0.1, 0.15) is 0 Å². The molecule has 3 rings (SSSR count). The van der Waals surface area contributed by atoms with Gasteiger partial charge < -0.3 is 19.9 Å². The number of amides is 1. The van der Waals surface area contributed by atoms with E-state index in [2.05, 4.69) is 10.5 Å². The number of benzene rings is 2. The average Bonchev–Trinajstić information content (AvgIpc) is 3.03. The number of anilines is 1. The summed E-state index contributed by atoms with van der Waals surface area (Å²) >= 11 is 0. The van der Waals surface area contributed by atoms with E-state index in [1.54, 1.807) is 43.5 Å². The lowest BCUT2D eigenvalue weighted by atomic mass is 10.2. The van der Waals surface area contributed by atoms with E-state index in [0.29, 0.717) is 34.1 Å². The number of carbonyl (C=O) groups is 1. The number of hydrogen-bond donors (Lipinski definition) is 2. The molecule has 0 unspecified atom stereocenters. The van der Waals surface area contributed by atoms with Crippen LogP contribution in [-0.4, -0.2) is 26.0 Å². The highest BCUT2D eigenvalue weighted by Gasteiger charge is 2.19. The summed E-state index contributed by atoms with van der Waals surface area (Å²) < 4.78 is 15.9. The summed E-state index contributed by atoms with van der Waals surface area (Å²) in [7, 11) is 1.54. The smallest absolute Gasteiger partial charge is 0.271 e. The van der Waals surface area contributed by atoms with Crippen molar-refractivity contribution >= 4 is 17.8 Å². The van der Waals surface area contributed by atoms with Crippen molar-refractivity contribution in [3.8, 4) is 17.2 Å². The lowest BCUT2D eigenvalue weighted by Gasteiger charge is -2.05. The van der Waals surface area contributed by atoms with Crippen LogP contribution in [0.15, 0.2) is 41.5 Å². The third-order valence-electron chi connectivity index (χ3n) is 3.23. The summed E-state index contributed by atoms with van der Waals surface area (Å²) in [6.45, 7) is 0.153. The maximum atomic E-state index is 11.9. The molecule has 3 N–H and O–H groups in total. The molecule has 2 aromatic rings. The number of nitrogens with zero attached hydrogens (tertiary/aromatic N) is 1. The number of nitrogens with two attached hydrogens (primary N) is 1. The summed E-state index contributed by atoms with van der Waals surface area (Å²) in [5.74, 6) is 1.37. The molecule has 7 nitrogen and oxygen atoms in total. The maximum absolute atomic E-state index is 11.9. The number of hydrazone groups is 1. The zero-order valence-corrected chi connectivity index (χ0v) is 12.4. The standard InChI is InChI=1S/C16H15N3O4/c1-21-13-6-10(7-14-15(13)23-9-22-14)8-18-19-16(20)11-2-4-12(17)5-3-11/h2-8H,9,17H2,1H3,(H,19,20)/b18-8-. The van der Waals surface area contributed by atoms with Gasteiger partial charge in [-0.05, 0) is 36.4 Å². The first-order chi connectivity index (χ1) is 11.2. The SMILES string of the molecule is COc1cc(/C=N\NC(=O)c2ccc(N)cc2)cc2c1OCO2. The van der Waals surface area contributed by atoms with Gasteiger partial charge in [-0.1, -0.05) is 0 Å². The van der Waals surface area contributed by atoms with E-state index in [-0.39, 0.29) is 12.7 Å². The zero-order valence-electron chi connectivity index (χ0n) is 12.4. The summed E-state index contributed by atoms with van der Waals surface area (Å²) in [6, 6.07) is 10.1. The monoisotopic (exact) mass is 313 g/mol. The van der Waals surface area contributed by atoms with Gasteiger partial charge in [0.05, 0.1) is 13.3 Å². The molecule has 118 valence electrons. The molecule has 0 aromatic heterocycles. The topological polar surface area (TPSA) is 95.2 Å². The largest absolute Gasteiger partial charge is 0.493 e. The molecule has 0 radical (unpaired) electrons. The predicted molar refractivity (Wildman–Crippen MR) is 85.0 cm³/mol. The number of nitrogen functional groups attached to an aromatic ring is 1. The summed E-state index contributed by atoms with van der Waals surface area (Å²) in [4.78, 5) is 11.9. The molecule has 1 amide bonds. The van der Waals surface area contributed by atoms with Crippen LogP contribution in [0.2, 0.25) is 0 Å². The van der Waals surface area contributed by atoms with E-state index < -0.39 is 0 Å². The van der Waals surface area contributed by atoms with Gasteiger partial charge in [0.25, 0.3) is 5.91 Å². The van der Waals surface area contributed by atoms with Crippen LogP contribution < -0.4 is 25.4 Å². The number of methoxy groups -OCH3 is 1. The van der Waals surface area contributed by atoms with Crippen molar-refractivity contribution in [2.75, 3.05) is 19.6 Å². The number of hydrogen-bond acceptors (Lipinski definition) is 6. The third-order valence-corrected chi connectivity index (χ3v) is 3.23. The first kappa shape index (κ1) is 14.7. The molecule has 0 aliphatic carbocycles. The van der Waals surface area contributed by atoms with Crippen molar-refractivity contribution in [2.45, 2.75) is 0 Å². The van der Waals surface area contributed by atoms with Crippen molar-refractivity contribution in [2.24, 2.45) is 5.10 Å². The molecule has 0 spiro atoms. The molecule has 0 saturated carbocycles. The Morgan fingerprint density at radius 3 is 2.83 bits per heavy atom. The molecule has 1 aliphatic heterocycles. The Morgan fingerprint density at radius 2 is 2.09 bits per heavy atom. The van der Waals surface area contributed by atoms with Gasteiger partial charge in [-0.15, -0.1) is 0 Å². The second-order valence-electron chi connectivity index (χ2n) is 4.78. The van der Waals surface area contributed by atoms with Crippen molar-refractivity contribution < 1.29 is 19.0 Å². The zero-order chi connectivity index (χ0) is 16.2.